The Labute approximate surface area is 135 Å². The van der Waals surface area contributed by atoms with Gasteiger partial charge in [0.05, 0.1) is 7.11 Å². The fourth-order valence-corrected chi connectivity index (χ4v) is 3.86. The number of aromatic amines is 1. The fraction of sp³-hybridized carbons (Fsp3) is 0.444. The van der Waals surface area contributed by atoms with Crippen LogP contribution >= 0.6 is 0 Å². The predicted molar refractivity (Wildman–Crippen MR) is 93.1 cm³/mol. The highest BCUT2D eigenvalue weighted by Crippen LogP contribution is 2.33. The van der Waals surface area contributed by atoms with Gasteiger partial charge in [-0.25, -0.2) is 9.97 Å². The maximum Gasteiger partial charge on any atom is 0.156 e. The third-order valence-electron chi connectivity index (χ3n) is 4.74. The van der Waals surface area contributed by atoms with Crippen molar-refractivity contribution in [2.24, 2.45) is 11.8 Å². The van der Waals surface area contributed by atoms with E-state index >= 15 is 0 Å². The molecule has 1 fully saturated rings. The molecule has 1 aliphatic heterocycles. The zero-order valence-corrected chi connectivity index (χ0v) is 13.8. The molecule has 0 unspecified atom stereocenters. The summed E-state index contributed by atoms with van der Waals surface area (Å²) in [7, 11) is 1.69. The van der Waals surface area contributed by atoms with Gasteiger partial charge in [-0.1, -0.05) is 13.8 Å². The first-order valence-electron chi connectivity index (χ1n) is 8.21. The van der Waals surface area contributed by atoms with Crippen molar-refractivity contribution in [3.8, 4) is 5.75 Å². The highest BCUT2D eigenvalue weighted by molar-refractivity contribution is 6.08. The number of piperidine rings is 1. The molecule has 1 N–H and O–H groups in total. The quantitative estimate of drug-likeness (QED) is 0.786. The van der Waals surface area contributed by atoms with E-state index < -0.39 is 0 Å². The molecule has 3 aromatic rings. The summed E-state index contributed by atoms with van der Waals surface area (Å²) in [5, 5.41) is 1.08. The minimum atomic E-state index is 0.688. The molecule has 1 saturated heterocycles. The molecule has 120 valence electrons. The number of nitrogens with zero attached hydrogens (tertiary/aromatic N) is 3. The lowest BCUT2D eigenvalue weighted by atomic mass is 9.92. The van der Waals surface area contributed by atoms with E-state index in [9.17, 15) is 0 Å². The topological polar surface area (TPSA) is 54.0 Å². The number of rotatable bonds is 2. The minimum absolute atomic E-state index is 0.688. The second-order valence-corrected chi connectivity index (χ2v) is 6.81. The van der Waals surface area contributed by atoms with E-state index in [2.05, 4.69) is 33.7 Å². The molecular weight excluding hydrogens is 288 g/mol. The Morgan fingerprint density at radius 1 is 1.17 bits per heavy atom. The van der Waals surface area contributed by atoms with Crippen molar-refractivity contribution in [3.63, 3.8) is 0 Å². The molecule has 2 atom stereocenters. The molecule has 5 heteroatoms. The second-order valence-electron chi connectivity index (χ2n) is 6.81. The van der Waals surface area contributed by atoms with Crippen molar-refractivity contribution in [1.82, 2.24) is 15.0 Å². The zero-order chi connectivity index (χ0) is 16.0. The lowest BCUT2D eigenvalue weighted by Crippen LogP contribution is -2.39. The monoisotopic (exact) mass is 310 g/mol. The summed E-state index contributed by atoms with van der Waals surface area (Å²) in [5.74, 6) is 3.24. The normalized spacial score (nSPS) is 22.0. The van der Waals surface area contributed by atoms with Crippen LogP contribution in [0.5, 0.6) is 5.75 Å². The summed E-state index contributed by atoms with van der Waals surface area (Å²) < 4.78 is 5.35. The van der Waals surface area contributed by atoms with Gasteiger partial charge in [-0.05, 0) is 36.5 Å². The lowest BCUT2D eigenvalue weighted by Gasteiger charge is -2.35. The molecule has 23 heavy (non-hydrogen) atoms. The van der Waals surface area contributed by atoms with E-state index in [-0.39, 0.29) is 0 Å². The summed E-state index contributed by atoms with van der Waals surface area (Å²) in [6, 6.07) is 6.04. The predicted octanol–water partition coefficient (Wildman–Crippen LogP) is 3.60. The van der Waals surface area contributed by atoms with Crippen LogP contribution in [0.25, 0.3) is 21.9 Å². The Hall–Kier alpha value is -2.30. The van der Waals surface area contributed by atoms with E-state index in [1.54, 1.807) is 13.4 Å². The highest BCUT2D eigenvalue weighted by atomic mass is 16.5. The number of hydrogen-bond acceptors (Lipinski definition) is 4. The van der Waals surface area contributed by atoms with Crippen LogP contribution in [0.2, 0.25) is 0 Å². The first kappa shape index (κ1) is 14.3. The van der Waals surface area contributed by atoms with E-state index in [0.29, 0.717) is 11.8 Å². The number of methoxy groups -OCH3 is 1. The van der Waals surface area contributed by atoms with Crippen molar-refractivity contribution < 1.29 is 4.74 Å². The second kappa shape index (κ2) is 5.41. The van der Waals surface area contributed by atoms with Gasteiger partial charge >= 0.3 is 0 Å². The summed E-state index contributed by atoms with van der Waals surface area (Å²) in [5.41, 5.74) is 3.06. The molecule has 1 aliphatic rings. The van der Waals surface area contributed by atoms with E-state index in [1.165, 1.54) is 6.42 Å². The molecule has 0 saturated carbocycles. The number of anilines is 1. The summed E-state index contributed by atoms with van der Waals surface area (Å²) in [4.78, 5) is 15.0. The molecule has 0 bridgehead atoms. The number of benzene rings is 1. The van der Waals surface area contributed by atoms with Crippen LogP contribution in [0.4, 0.5) is 5.82 Å². The standard InChI is InChI=1S/C18H22N4O/c1-11-6-12(2)9-22(8-11)18-17-16(19-10-20-18)14-7-13(23-3)4-5-15(14)21-17/h4-5,7,10-12,21H,6,8-9H2,1-3H3/t11-,12+. The number of H-pyrrole nitrogens is 1. The number of nitrogens with one attached hydrogen (secondary N) is 1. The maximum absolute atomic E-state index is 5.35. The Bertz CT molecular complexity index is 847. The maximum atomic E-state index is 5.35. The molecule has 0 aliphatic carbocycles. The Balaban J connectivity index is 1.87. The van der Waals surface area contributed by atoms with Gasteiger partial charge < -0.3 is 14.6 Å². The van der Waals surface area contributed by atoms with Gasteiger partial charge in [-0.3, -0.25) is 0 Å². The van der Waals surface area contributed by atoms with Gasteiger partial charge in [0.1, 0.15) is 23.1 Å². The van der Waals surface area contributed by atoms with E-state index in [1.807, 2.05) is 18.2 Å². The van der Waals surface area contributed by atoms with Gasteiger partial charge in [0.15, 0.2) is 5.82 Å². The molecule has 4 rings (SSSR count). The molecule has 2 aromatic heterocycles. The summed E-state index contributed by atoms with van der Waals surface area (Å²) in [6.07, 6.45) is 2.96. The average Bonchev–Trinajstić information content (AvgIpc) is 2.91. The number of aromatic nitrogens is 3. The van der Waals surface area contributed by atoms with Gasteiger partial charge in [0, 0.05) is 24.0 Å². The number of fused-ring (bicyclic) bond motifs is 3. The van der Waals surface area contributed by atoms with Gasteiger partial charge in [-0.15, -0.1) is 0 Å². The summed E-state index contributed by atoms with van der Waals surface area (Å²) >= 11 is 0. The smallest absolute Gasteiger partial charge is 0.156 e. The van der Waals surface area contributed by atoms with Gasteiger partial charge in [0.25, 0.3) is 0 Å². The van der Waals surface area contributed by atoms with Crippen LogP contribution in [0.3, 0.4) is 0 Å². The third-order valence-corrected chi connectivity index (χ3v) is 4.74. The fourth-order valence-electron chi connectivity index (χ4n) is 3.86. The highest BCUT2D eigenvalue weighted by Gasteiger charge is 2.25. The Morgan fingerprint density at radius 3 is 2.70 bits per heavy atom. The molecule has 5 nitrogen and oxygen atoms in total. The summed E-state index contributed by atoms with van der Waals surface area (Å²) in [6.45, 7) is 6.73. The van der Waals surface area contributed by atoms with Crippen LogP contribution in [-0.4, -0.2) is 35.2 Å². The number of hydrogen-bond donors (Lipinski definition) is 1. The molecular formula is C18H22N4O. The molecule has 0 spiro atoms. The van der Waals surface area contributed by atoms with Crippen molar-refractivity contribution in [1.29, 1.82) is 0 Å². The lowest BCUT2D eigenvalue weighted by molar-refractivity contribution is 0.356. The van der Waals surface area contributed by atoms with Crippen LogP contribution in [0, 0.1) is 11.8 Å². The Kier molecular flexibility index (Phi) is 3.36. The first-order valence-corrected chi connectivity index (χ1v) is 8.21. The molecule has 1 aromatic carbocycles. The van der Waals surface area contributed by atoms with Crippen LogP contribution in [0.1, 0.15) is 20.3 Å². The van der Waals surface area contributed by atoms with Crippen LogP contribution in [-0.2, 0) is 0 Å². The van der Waals surface area contributed by atoms with Crippen LogP contribution < -0.4 is 9.64 Å². The zero-order valence-electron chi connectivity index (χ0n) is 13.8. The van der Waals surface area contributed by atoms with E-state index in [0.717, 1.165) is 46.6 Å². The Morgan fingerprint density at radius 2 is 1.96 bits per heavy atom. The SMILES string of the molecule is COc1ccc2[nH]c3c(N4C[C@H](C)C[C@H](C)C4)ncnc3c2c1. The van der Waals surface area contributed by atoms with E-state index in [4.69, 9.17) is 4.74 Å². The first-order chi connectivity index (χ1) is 11.2. The van der Waals surface area contributed by atoms with Crippen molar-refractivity contribution in [2.75, 3.05) is 25.1 Å². The van der Waals surface area contributed by atoms with Gasteiger partial charge in [-0.2, -0.15) is 0 Å². The average molecular weight is 310 g/mol. The van der Waals surface area contributed by atoms with Crippen LogP contribution in [0.15, 0.2) is 24.5 Å². The van der Waals surface area contributed by atoms with Crippen molar-refractivity contribution in [3.05, 3.63) is 24.5 Å². The van der Waals surface area contributed by atoms with Gasteiger partial charge in [0.2, 0.25) is 0 Å². The number of ether oxygens (including phenoxy) is 1. The largest absolute Gasteiger partial charge is 0.497 e. The molecule has 0 radical (unpaired) electrons. The molecule has 0 amide bonds. The van der Waals surface area contributed by atoms with Crippen molar-refractivity contribution >= 4 is 27.8 Å². The minimum Gasteiger partial charge on any atom is -0.497 e. The third kappa shape index (κ3) is 2.40. The van der Waals surface area contributed by atoms with Crippen molar-refractivity contribution in [2.45, 2.75) is 20.3 Å². The molecule has 3 heterocycles.